The minimum atomic E-state index is -4.36. The number of quaternary nitrogens is 1. The van der Waals surface area contributed by atoms with E-state index in [1.807, 2.05) is 21.1 Å². The summed E-state index contributed by atoms with van der Waals surface area (Å²) in [5.74, 6) is -1.82. The number of carboxylic acids is 1. The first kappa shape index (κ1) is 29.9. The second-order valence-corrected chi connectivity index (χ2v) is 10.3. The molecule has 13 heteroatoms. The first-order chi connectivity index (χ1) is 15.8. The lowest BCUT2D eigenvalue weighted by molar-refractivity contribution is -0.873. The van der Waals surface area contributed by atoms with Crippen LogP contribution in [0.1, 0.15) is 44.9 Å². The molecule has 1 aromatic rings. The number of halogens is 1. The van der Waals surface area contributed by atoms with Crippen LogP contribution in [0.4, 0.5) is 10.1 Å². The monoisotopic (exact) mass is 509 g/mol. The fraction of sp³-hybridized carbons (Fsp3) is 0.667. The summed E-state index contributed by atoms with van der Waals surface area (Å²) < 4.78 is 41.5. The van der Waals surface area contributed by atoms with Crippen molar-refractivity contribution in [1.82, 2.24) is 0 Å². The number of nitro groups is 1. The number of benzene rings is 1. The van der Waals surface area contributed by atoms with E-state index in [0.717, 1.165) is 44.2 Å². The highest BCUT2D eigenvalue weighted by Gasteiger charge is 2.31. The zero-order valence-electron chi connectivity index (χ0n) is 19.9. The Balaban J connectivity index is 2.17. The first-order valence-electron chi connectivity index (χ1n) is 11.0. The Labute approximate surface area is 198 Å². The Morgan fingerprint density at radius 3 is 2.26 bits per heavy atom. The summed E-state index contributed by atoms with van der Waals surface area (Å²) in [7, 11) is 1.11. The molecular formula is C21H35FN2O9P+. The highest BCUT2D eigenvalue weighted by molar-refractivity contribution is 7.47. The molecule has 0 amide bonds. The van der Waals surface area contributed by atoms with E-state index >= 15 is 0 Å². The summed E-state index contributed by atoms with van der Waals surface area (Å²) in [5.41, 5.74) is -0.593. The number of nitrogens with zero attached hydrogens (tertiary/aromatic N) is 2. The predicted molar refractivity (Wildman–Crippen MR) is 122 cm³/mol. The molecular weight excluding hydrogens is 474 g/mol. The van der Waals surface area contributed by atoms with Crippen molar-refractivity contribution in [3.63, 3.8) is 0 Å². The number of likely N-dealkylation sites (N-methyl/N-ethyl adjacent to an activating group) is 1. The van der Waals surface area contributed by atoms with Crippen molar-refractivity contribution < 1.29 is 46.9 Å². The fourth-order valence-electron chi connectivity index (χ4n) is 3.17. The van der Waals surface area contributed by atoms with E-state index in [1.165, 1.54) is 6.07 Å². The third-order valence-electron chi connectivity index (χ3n) is 4.61. The molecule has 1 aromatic carbocycles. The van der Waals surface area contributed by atoms with E-state index in [1.54, 1.807) is 0 Å². The molecule has 0 spiro atoms. The average Bonchev–Trinajstić information content (AvgIpc) is 2.66. The number of carboxylic acid groups (broad SMARTS) is 1. The number of aliphatic carboxylic acids is 1. The van der Waals surface area contributed by atoms with E-state index in [-0.39, 0.29) is 18.9 Å². The van der Waals surface area contributed by atoms with Crippen LogP contribution in [-0.4, -0.2) is 72.4 Å². The predicted octanol–water partition coefficient (Wildman–Crippen LogP) is 4.14. The Hall–Kier alpha value is -2.11. The van der Waals surface area contributed by atoms with Crippen LogP contribution in [0.5, 0.6) is 5.75 Å². The van der Waals surface area contributed by atoms with Crippen LogP contribution < -0.4 is 4.74 Å². The molecule has 0 aliphatic carbocycles. The number of nitro benzene ring substituents is 1. The summed E-state index contributed by atoms with van der Waals surface area (Å²) in [6.45, 7) is 0.617. The second-order valence-electron chi connectivity index (χ2n) is 8.94. The summed E-state index contributed by atoms with van der Waals surface area (Å²) >= 11 is 0. The SMILES string of the molecule is C[N+](C)(C)C[C@@H](CC(=O)O)OP(=O)(O)OCCCCCCCCOc1ccc([N+](=O)[O-])c(F)c1. The molecule has 0 saturated carbocycles. The maximum Gasteiger partial charge on any atom is 0.472 e. The van der Waals surface area contributed by atoms with Crippen molar-refractivity contribution in [2.45, 2.75) is 51.0 Å². The number of unbranched alkanes of at least 4 members (excludes halogenated alkanes) is 5. The maximum atomic E-state index is 13.5. The molecule has 1 rings (SSSR count). The summed E-state index contributed by atoms with van der Waals surface area (Å²) in [6.07, 6.45) is 3.33. The van der Waals surface area contributed by atoms with Gasteiger partial charge in [0.2, 0.25) is 5.82 Å². The molecule has 0 radical (unpaired) electrons. The van der Waals surface area contributed by atoms with E-state index in [0.29, 0.717) is 17.5 Å². The summed E-state index contributed by atoms with van der Waals surface area (Å²) in [6, 6.07) is 3.42. The number of phosphoric ester groups is 1. The first-order valence-corrected chi connectivity index (χ1v) is 12.5. The topological polar surface area (TPSA) is 145 Å². The van der Waals surface area contributed by atoms with Crippen LogP contribution in [0.25, 0.3) is 0 Å². The van der Waals surface area contributed by atoms with Crippen LogP contribution in [0.2, 0.25) is 0 Å². The van der Waals surface area contributed by atoms with Crippen LogP contribution >= 0.6 is 7.82 Å². The van der Waals surface area contributed by atoms with E-state index < -0.39 is 42.7 Å². The van der Waals surface area contributed by atoms with Crippen molar-refractivity contribution in [3.8, 4) is 5.75 Å². The van der Waals surface area contributed by atoms with Crippen LogP contribution in [-0.2, 0) is 18.4 Å². The molecule has 0 bridgehead atoms. The normalized spacial score (nSPS) is 14.4. The van der Waals surface area contributed by atoms with Gasteiger partial charge in [-0.1, -0.05) is 25.7 Å². The smallest absolute Gasteiger partial charge is 0.472 e. The van der Waals surface area contributed by atoms with Gasteiger partial charge in [-0.25, -0.2) is 4.57 Å². The summed E-state index contributed by atoms with van der Waals surface area (Å²) in [5, 5.41) is 19.6. The molecule has 34 heavy (non-hydrogen) atoms. The van der Waals surface area contributed by atoms with Gasteiger partial charge in [-0.3, -0.25) is 24.0 Å². The van der Waals surface area contributed by atoms with E-state index in [4.69, 9.17) is 18.9 Å². The highest BCUT2D eigenvalue weighted by Crippen LogP contribution is 2.45. The molecule has 0 fully saturated rings. The van der Waals surface area contributed by atoms with E-state index in [2.05, 4.69) is 0 Å². The van der Waals surface area contributed by atoms with Gasteiger partial charge in [0, 0.05) is 12.1 Å². The largest absolute Gasteiger partial charge is 0.493 e. The zero-order chi connectivity index (χ0) is 25.8. The van der Waals surface area contributed by atoms with Gasteiger partial charge in [-0.05, 0) is 18.9 Å². The van der Waals surface area contributed by atoms with E-state index in [9.17, 15) is 28.8 Å². The lowest BCUT2D eigenvalue weighted by atomic mass is 10.1. The van der Waals surface area contributed by atoms with Gasteiger partial charge in [0.15, 0.2) is 0 Å². The molecule has 0 aliphatic rings. The molecule has 11 nitrogen and oxygen atoms in total. The number of hydrogen-bond donors (Lipinski definition) is 2. The molecule has 2 atom stereocenters. The Morgan fingerprint density at radius 1 is 1.15 bits per heavy atom. The lowest BCUT2D eigenvalue weighted by Gasteiger charge is -2.29. The van der Waals surface area contributed by atoms with Gasteiger partial charge in [0.25, 0.3) is 0 Å². The van der Waals surface area contributed by atoms with Gasteiger partial charge >= 0.3 is 19.5 Å². The van der Waals surface area contributed by atoms with Crippen molar-refractivity contribution in [1.29, 1.82) is 0 Å². The van der Waals surface area contributed by atoms with Crippen molar-refractivity contribution >= 4 is 19.5 Å². The molecule has 0 saturated heterocycles. The zero-order valence-corrected chi connectivity index (χ0v) is 20.7. The van der Waals surface area contributed by atoms with Crippen LogP contribution in [0, 0.1) is 15.9 Å². The quantitative estimate of drug-likeness (QED) is 0.0980. The average molecular weight is 509 g/mol. The number of phosphoric acid groups is 1. The highest BCUT2D eigenvalue weighted by atomic mass is 31.2. The number of carbonyl (C=O) groups is 1. The maximum absolute atomic E-state index is 13.5. The lowest BCUT2D eigenvalue weighted by Crippen LogP contribution is -2.42. The Bertz CT molecular complexity index is 848. The molecule has 0 heterocycles. The van der Waals surface area contributed by atoms with Crippen molar-refractivity contribution in [3.05, 3.63) is 34.1 Å². The van der Waals surface area contributed by atoms with Gasteiger partial charge in [-0.15, -0.1) is 0 Å². The van der Waals surface area contributed by atoms with Gasteiger partial charge in [-0.2, -0.15) is 4.39 Å². The minimum Gasteiger partial charge on any atom is -0.493 e. The van der Waals surface area contributed by atoms with Crippen molar-refractivity contribution in [2.75, 3.05) is 40.9 Å². The number of hydrogen-bond acceptors (Lipinski definition) is 7. The fourth-order valence-corrected chi connectivity index (χ4v) is 4.10. The Kier molecular flexibility index (Phi) is 12.6. The number of ether oxygens (including phenoxy) is 1. The molecule has 0 aromatic heterocycles. The summed E-state index contributed by atoms with van der Waals surface area (Å²) in [4.78, 5) is 30.7. The van der Waals surface area contributed by atoms with Crippen LogP contribution in [0.15, 0.2) is 18.2 Å². The third kappa shape index (κ3) is 13.6. The minimum absolute atomic E-state index is 0.0206. The molecule has 0 aliphatic heterocycles. The van der Waals surface area contributed by atoms with Gasteiger partial charge < -0.3 is 19.2 Å². The molecule has 1 unspecified atom stereocenters. The Morgan fingerprint density at radius 2 is 1.74 bits per heavy atom. The third-order valence-corrected chi connectivity index (χ3v) is 5.69. The van der Waals surface area contributed by atoms with Crippen molar-refractivity contribution in [2.24, 2.45) is 0 Å². The molecule has 194 valence electrons. The molecule has 2 N–H and O–H groups in total. The standard InChI is InChI=1S/C21H34FN2O9P/c1-24(2,3)16-18(15-21(25)26)33-34(29,30)32-13-9-7-5-4-6-8-12-31-17-10-11-20(23(27)28)19(22)14-17/h10-11,14,18H,4-9,12-13,15-16H2,1-3H3,(H-,25,26,29,30)/p+1/t18-/m1/s1. The second kappa shape index (κ2) is 14.3. The number of rotatable bonds is 18. The van der Waals surface area contributed by atoms with Gasteiger partial charge in [0.1, 0.15) is 18.4 Å². The van der Waals surface area contributed by atoms with Crippen LogP contribution in [0.3, 0.4) is 0 Å². The van der Waals surface area contributed by atoms with Gasteiger partial charge in [0.05, 0.1) is 45.7 Å².